The van der Waals surface area contributed by atoms with Crippen LogP contribution >= 0.6 is 0 Å². The smallest absolute Gasteiger partial charge is 0.245 e. The molecule has 2 rings (SSSR count). The number of amides is 2. The van der Waals surface area contributed by atoms with E-state index in [4.69, 9.17) is 4.74 Å². The van der Waals surface area contributed by atoms with Crippen molar-refractivity contribution < 1.29 is 23.1 Å². The summed E-state index contributed by atoms with van der Waals surface area (Å²) < 4.78 is 31.8. The highest BCUT2D eigenvalue weighted by Gasteiger charge is 2.48. The summed E-state index contributed by atoms with van der Waals surface area (Å²) in [6.07, 6.45) is 10.0. The Morgan fingerprint density at radius 3 is 2.45 bits per heavy atom. The first-order chi connectivity index (χ1) is 13.8. The van der Waals surface area contributed by atoms with Gasteiger partial charge in [0.15, 0.2) is 0 Å². The molecule has 2 heterocycles. The maximum absolute atomic E-state index is 12.9. The third-order valence-electron chi connectivity index (χ3n) is 5.87. The summed E-state index contributed by atoms with van der Waals surface area (Å²) in [4.78, 5) is 23.9. The average Bonchev–Trinajstić information content (AvgIpc) is 3.24. The van der Waals surface area contributed by atoms with E-state index in [-0.39, 0.29) is 48.7 Å². The quantitative estimate of drug-likeness (QED) is 0.272. The molecular formula is C22H36F2N2O3. The van der Waals surface area contributed by atoms with Crippen LogP contribution < -0.4 is 10.6 Å². The van der Waals surface area contributed by atoms with Gasteiger partial charge < -0.3 is 15.4 Å². The molecule has 166 valence electrons. The second-order valence-corrected chi connectivity index (χ2v) is 8.47. The summed E-state index contributed by atoms with van der Waals surface area (Å²) in [5.41, 5.74) is 0. The van der Waals surface area contributed by atoms with E-state index in [0.29, 0.717) is 19.5 Å². The van der Waals surface area contributed by atoms with Crippen LogP contribution in [0.2, 0.25) is 0 Å². The number of hydrogen-bond acceptors (Lipinski definition) is 3. The van der Waals surface area contributed by atoms with Crippen molar-refractivity contribution in [2.24, 2.45) is 11.8 Å². The maximum Gasteiger partial charge on any atom is 0.245 e. The second-order valence-electron chi connectivity index (χ2n) is 8.47. The van der Waals surface area contributed by atoms with Crippen LogP contribution in [0.4, 0.5) is 8.78 Å². The second kappa shape index (κ2) is 11.6. The topological polar surface area (TPSA) is 67.4 Å². The fraction of sp³-hybridized carbons (Fsp3) is 0.818. The summed E-state index contributed by atoms with van der Waals surface area (Å²) >= 11 is 0. The number of carbonyl (C=O) groups is 2. The van der Waals surface area contributed by atoms with Gasteiger partial charge in [-0.2, -0.15) is 0 Å². The SMILES string of the molecule is CCCCCNC(=O)CC(=O)NC[C@@H]1[C@H](CC=CCCC(C)(F)F)[C@@H]2CC[C@H]1O2. The fourth-order valence-corrected chi connectivity index (χ4v) is 4.29. The Kier molecular flexibility index (Phi) is 9.53. The van der Waals surface area contributed by atoms with Gasteiger partial charge in [0.1, 0.15) is 6.42 Å². The minimum atomic E-state index is -2.63. The lowest BCUT2D eigenvalue weighted by atomic mass is 9.77. The monoisotopic (exact) mass is 414 g/mol. The van der Waals surface area contributed by atoms with Crippen molar-refractivity contribution in [1.29, 1.82) is 0 Å². The highest BCUT2D eigenvalue weighted by molar-refractivity contribution is 5.96. The predicted octanol–water partition coefficient (Wildman–Crippen LogP) is 3.97. The van der Waals surface area contributed by atoms with Crippen LogP contribution in [0, 0.1) is 11.8 Å². The molecule has 0 unspecified atom stereocenters. The van der Waals surface area contributed by atoms with Crippen molar-refractivity contribution in [1.82, 2.24) is 10.6 Å². The van der Waals surface area contributed by atoms with Gasteiger partial charge in [-0.15, -0.1) is 0 Å². The molecule has 2 saturated heterocycles. The third kappa shape index (κ3) is 8.41. The minimum Gasteiger partial charge on any atom is -0.374 e. The van der Waals surface area contributed by atoms with E-state index < -0.39 is 5.92 Å². The fourth-order valence-electron chi connectivity index (χ4n) is 4.29. The van der Waals surface area contributed by atoms with Crippen LogP contribution in [0.3, 0.4) is 0 Å². The van der Waals surface area contributed by atoms with Crippen LogP contribution in [0.5, 0.6) is 0 Å². The number of nitrogens with one attached hydrogen (secondary N) is 2. The number of unbranched alkanes of at least 4 members (excludes halogenated alkanes) is 2. The molecule has 2 aliphatic rings. The molecule has 0 aromatic heterocycles. The summed E-state index contributed by atoms with van der Waals surface area (Å²) in [6, 6.07) is 0. The molecule has 2 bridgehead atoms. The number of hydrogen-bond donors (Lipinski definition) is 2. The standard InChI is InChI=1S/C22H36F2N2O3/c1-3-4-8-13-25-20(27)14-21(28)26-15-17-16(18-10-11-19(17)29-18)9-6-5-7-12-22(2,23)24/h5-6,16-19H,3-4,7-15H2,1-2H3,(H,25,27)(H,26,28)/t16-,17+,18-,19+/m0/s1. The van der Waals surface area contributed by atoms with Gasteiger partial charge in [0.05, 0.1) is 12.2 Å². The average molecular weight is 415 g/mol. The molecule has 0 saturated carbocycles. The van der Waals surface area contributed by atoms with Gasteiger partial charge in [0.25, 0.3) is 0 Å². The molecule has 2 aliphatic heterocycles. The Morgan fingerprint density at radius 1 is 1.07 bits per heavy atom. The molecule has 0 radical (unpaired) electrons. The third-order valence-corrected chi connectivity index (χ3v) is 5.87. The molecule has 5 nitrogen and oxygen atoms in total. The first kappa shape index (κ1) is 23.8. The molecule has 2 amide bonds. The molecule has 0 aliphatic carbocycles. The number of ether oxygens (including phenoxy) is 1. The normalized spacial score (nSPS) is 26.2. The Labute approximate surface area is 173 Å². The molecule has 0 spiro atoms. The molecule has 2 N–H and O–H groups in total. The van der Waals surface area contributed by atoms with Gasteiger partial charge in [-0.1, -0.05) is 31.9 Å². The lowest BCUT2D eigenvalue weighted by molar-refractivity contribution is -0.129. The first-order valence-electron chi connectivity index (χ1n) is 11.0. The molecule has 29 heavy (non-hydrogen) atoms. The highest BCUT2D eigenvalue weighted by Crippen LogP contribution is 2.44. The molecule has 0 aromatic rings. The number of carbonyl (C=O) groups excluding carboxylic acids is 2. The Morgan fingerprint density at radius 2 is 1.76 bits per heavy atom. The van der Waals surface area contributed by atoms with Crippen molar-refractivity contribution in [3.63, 3.8) is 0 Å². The van der Waals surface area contributed by atoms with E-state index in [1.807, 2.05) is 12.2 Å². The van der Waals surface area contributed by atoms with Gasteiger partial charge in [0.2, 0.25) is 17.7 Å². The highest BCUT2D eigenvalue weighted by atomic mass is 19.3. The first-order valence-corrected chi connectivity index (χ1v) is 11.0. The van der Waals surface area contributed by atoms with E-state index in [0.717, 1.165) is 45.4 Å². The molecule has 7 heteroatoms. The zero-order chi connectivity index (χ0) is 21.3. The van der Waals surface area contributed by atoms with Crippen molar-refractivity contribution in [2.75, 3.05) is 13.1 Å². The van der Waals surface area contributed by atoms with Gasteiger partial charge in [-0.25, -0.2) is 8.78 Å². The van der Waals surface area contributed by atoms with Crippen molar-refractivity contribution in [2.45, 2.75) is 89.8 Å². The van der Waals surface area contributed by atoms with Crippen molar-refractivity contribution in [3.8, 4) is 0 Å². The van der Waals surface area contributed by atoms with E-state index in [2.05, 4.69) is 17.6 Å². The van der Waals surface area contributed by atoms with Crippen LogP contribution in [-0.2, 0) is 14.3 Å². The van der Waals surface area contributed by atoms with Crippen molar-refractivity contribution >= 4 is 11.8 Å². The largest absolute Gasteiger partial charge is 0.374 e. The number of rotatable bonds is 13. The zero-order valence-electron chi connectivity index (χ0n) is 17.7. The summed E-state index contributed by atoms with van der Waals surface area (Å²) in [5.74, 6) is -2.64. The van der Waals surface area contributed by atoms with E-state index in [1.54, 1.807) is 0 Å². The number of allylic oxidation sites excluding steroid dienone is 2. The predicted molar refractivity (Wildman–Crippen MR) is 109 cm³/mol. The lowest BCUT2D eigenvalue weighted by Gasteiger charge is -2.27. The molecule has 2 fully saturated rings. The van der Waals surface area contributed by atoms with Crippen LogP contribution in [-0.4, -0.2) is 43.0 Å². The van der Waals surface area contributed by atoms with Gasteiger partial charge in [0, 0.05) is 25.4 Å². The van der Waals surface area contributed by atoms with E-state index in [9.17, 15) is 18.4 Å². The maximum atomic E-state index is 12.9. The lowest BCUT2D eigenvalue weighted by Crippen LogP contribution is -2.39. The molecule has 0 aromatic carbocycles. The van der Waals surface area contributed by atoms with Gasteiger partial charge in [-0.3, -0.25) is 9.59 Å². The Bertz CT molecular complexity index is 563. The number of alkyl halides is 2. The molecule has 4 atom stereocenters. The number of fused-ring (bicyclic) bond motifs is 2. The van der Waals surface area contributed by atoms with Crippen molar-refractivity contribution in [3.05, 3.63) is 12.2 Å². The van der Waals surface area contributed by atoms with Crippen LogP contribution in [0.1, 0.15) is 71.6 Å². The van der Waals surface area contributed by atoms with Crippen LogP contribution in [0.15, 0.2) is 12.2 Å². The summed E-state index contributed by atoms with van der Waals surface area (Å²) in [5, 5.41) is 5.67. The minimum absolute atomic E-state index is 0.140. The van der Waals surface area contributed by atoms with Gasteiger partial charge in [-0.05, 0) is 44.9 Å². The summed E-state index contributed by atoms with van der Waals surface area (Å²) in [6.45, 7) is 4.14. The Hall–Kier alpha value is -1.50. The van der Waals surface area contributed by atoms with E-state index in [1.165, 1.54) is 0 Å². The van der Waals surface area contributed by atoms with Gasteiger partial charge >= 0.3 is 0 Å². The summed E-state index contributed by atoms with van der Waals surface area (Å²) in [7, 11) is 0. The zero-order valence-corrected chi connectivity index (χ0v) is 17.7. The number of halogens is 2. The molecular weight excluding hydrogens is 378 g/mol. The van der Waals surface area contributed by atoms with Crippen LogP contribution in [0.25, 0.3) is 0 Å². The van der Waals surface area contributed by atoms with E-state index >= 15 is 0 Å². The Balaban J connectivity index is 1.71.